The first-order valence-electron chi connectivity index (χ1n) is 4.40. The Morgan fingerprint density at radius 2 is 1.86 bits per heavy atom. The summed E-state index contributed by atoms with van der Waals surface area (Å²) >= 11 is 0. The van der Waals surface area contributed by atoms with Gasteiger partial charge in [0.25, 0.3) is 0 Å². The third kappa shape index (κ3) is 2.37. The molecule has 1 aliphatic carbocycles. The Labute approximate surface area is 79.4 Å². The van der Waals surface area contributed by atoms with E-state index >= 15 is 0 Å². The van der Waals surface area contributed by atoms with Crippen LogP contribution in [-0.4, -0.2) is 24.3 Å². The molecule has 3 nitrogen and oxygen atoms in total. The van der Waals surface area contributed by atoms with Gasteiger partial charge in [-0.2, -0.15) is 13.2 Å². The van der Waals surface area contributed by atoms with Gasteiger partial charge in [-0.15, -0.1) is 0 Å². The van der Waals surface area contributed by atoms with Crippen molar-refractivity contribution in [3.8, 4) is 0 Å². The third-order valence-corrected chi connectivity index (χ3v) is 2.43. The normalized spacial score (nSPS) is 20.9. The molecular weight excluding hydrogens is 199 g/mol. The van der Waals surface area contributed by atoms with E-state index in [9.17, 15) is 18.0 Å². The number of hydrogen-bond donors (Lipinski definition) is 1. The second-order valence-electron chi connectivity index (χ2n) is 3.48. The van der Waals surface area contributed by atoms with E-state index in [1.54, 1.807) is 0 Å². The van der Waals surface area contributed by atoms with Crippen LogP contribution in [0.4, 0.5) is 13.2 Å². The molecule has 0 aromatic heterocycles. The molecule has 6 heteroatoms. The summed E-state index contributed by atoms with van der Waals surface area (Å²) in [5.41, 5.74) is 4.24. The first kappa shape index (κ1) is 11.3. The second-order valence-corrected chi connectivity index (χ2v) is 3.48. The molecular formula is C8H12F3NO2. The van der Waals surface area contributed by atoms with Gasteiger partial charge in [-0.25, -0.2) is 4.79 Å². The highest BCUT2D eigenvalue weighted by Gasteiger charge is 2.47. The SMILES string of the molecule is NCC1(OC(=O)C(F)(F)F)CCCC1. The van der Waals surface area contributed by atoms with Crippen LogP contribution in [0.15, 0.2) is 0 Å². The largest absolute Gasteiger partial charge is 0.490 e. The topological polar surface area (TPSA) is 52.3 Å². The Balaban J connectivity index is 2.61. The van der Waals surface area contributed by atoms with Gasteiger partial charge in [0.1, 0.15) is 5.60 Å². The van der Waals surface area contributed by atoms with Crippen molar-refractivity contribution in [2.24, 2.45) is 5.73 Å². The Kier molecular flexibility index (Phi) is 3.04. The summed E-state index contributed by atoms with van der Waals surface area (Å²) in [6.45, 7) is -0.0468. The molecule has 82 valence electrons. The van der Waals surface area contributed by atoms with Crippen LogP contribution in [-0.2, 0) is 9.53 Å². The van der Waals surface area contributed by atoms with Crippen molar-refractivity contribution in [1.82, 2.24) is 0 Å². The monoisotopic (exact) mass is 211 g/mol. The van der Waals surface area contributed by atoms with E-state index in [2.05, 4.69) is 4.74 Å². The predicted octanol–water partition coefficient (Wildman–Crippen LogP) is 1.36. The number of nitrogens with two attached hydrogens (primary N) is 1. The van der Waals surface area contributed by atoms with Crippen LogP contribution in [0.3, 0.4) is 0 Å². The quantitative estimate of drug-likeness (QED) is 0.701. The highest BCUT2D eigenvalue weighted by Crippen LogP contribution is 2.34. The predicted molar refractivity (Wildman–Crippen MR) is 42.4 cm³/mol. The summed E-state index contributed by atoms with van der Waals surface area (Å²) in [6, 6.07) is 0. The minimum atomic E-state index is -4.93. The van der Waals surface area contributed by atoms with E-state index in [1.165, 1.54) is 0 Å². The minimum Gasteiger partial charge on any atom is -0.451 e. The zero-order valence-electron chi connectivity index (χ0n) is 7.56. The highest BCUT2D eigenvalue weighted by atomic mass is 19.4. The molecule has 0 atom stereocenters. The smallest absolute Gasteiger partial charge is 0.451 e. The van der Waals surface area contributed by atoms with E-state index < -0.39 is 17.7 Å². The number of hydrogen-bond acceptors (Lipinski definition) is 3. The molecule has 0 heterocycles. The maximum atomic E-state index is 11.9. The zero-order chi connectivity index (χ0) is 10.8. The van der Waals surface area contributed by atoms with Gasteiger partial charge >= 0.3 is 12.1 Å². The molecule has 0 spiro atoms. The van der Waals surface area contributed by atoms with Gasteiger partial charge < -0.3 is 10.5 Å². The Morgan fingerprint density at radius 1 is 1.36 bits per heavy atom. The number of esters is 1. The molecule has 0 aromatic carbocycles. The summed E-state index contributed by atoms with van der Waals surface area (Å²) in [4.78, 5) is 10.6. The fraction of sp³-hybridized carbons (Fsp3) is 0.875. The van der Waals surface area contributed by atoms with E-state index in [-0.39, 0.29) is 6.54 Å². The standard InChI is InChI=1S/C8H12F3NO2/c9-8(10,11)6(13)14-7(5-12)3-1-2-4-7/h1-5,12H2. The molecule has 0 bridgehead atoms. The van der Waals surface area contributed by atoms with Crippen molar-refractivity contribution in [1.29, 1.82) is 0 Å². The molecule has 0 aromatic rings. The maximum Gasteiger partial charge on any atom is 0.490 e. The summed E-state index contributed by atoms with van der Waals surface area (Å²) < 4.78 is 40.1. The highest BCUT2D eigenvalue weighted by molar-refractivity contribution is 5.76. The fourth-order valence-corrected chi connectivity index (χ4v) is 1.62. The maximum absolute atomic E-state index is 11.9. The number of halogens is 3. The van der Waals surface area contributed by atoms with Gasteiger partial charge in [-0.3, -0.25) is 0 Å². The lowest BCUT2D eigenvalue weighted by Crippen LogP contribution is -2.43. The van der Waals surface area contributed by atoms with Crippen LogP contribution in [0, 0.1) is 0 Å². The van der Waals surface area contributed by atoms with Crippen LogP contribution in [0.5, 0.6) is 0 Å². The average molecular weight is 211 g/mol. The lowest BCUT2D eigenvalue weighted by Gasteiger charge is -2.27. The summed E-state index contributed by atoms with van der Waals surface area (Å²) in [7, 11) is 0. The van der Waals surface area contributed by atoms with Gasteiger partial charge in [0, 0.05) is 6.54 Å². The number of rotatable bonds is 2. The van der Waals surface area contributed by atoms with Crippen molar-refractivity contribution < 1.29 is 22.7 Å². The lowest BCUT2D eigenvalue weighted by atomic mass is 10.0. The molecule has 14 heavy (non-hydrogen) atoms. The lowest BCUT2D eigenvalue weighted by molar-refractivity contribution is -0.213. The van der Waals surface area contributed by atoms with Crippen molar-refractivity contribution in [2.45, 2.75) is 37.5 Å². The molecule has 1 aliphatic rings. The molecule has 2 N–H and O–H groups in total. The number of carbonyl (C=O) groups excluding carboxylic acids is 1. The Hall–Kier alpha value is -0.780. The van der Waals surface area contributed by atoms with Crippen LogP contribution < -0.4 is 5.73 Å². The fourth-order valence-electron chi connectivity index (χ4n) is 1.62. The first-order valence-corrected chi connectivity index (χ1v) is 4.40. The van der Waals surface area contributed by atoms with Crippen molar-refractivity contribution in [3.63, 3.8) is 0 Å². The van der Waals surface area contributed by atoms with E-state index in [4.69, 9.17) is 5.73 Å². The Bertz CT molecular complexity index is 221. The Morgan fingerprint density at radius 3 is 2.21 bits per heavy atom. The van der Waals surface area contributed by atoms with Crippen molar-refractivity contribution in [3.05, 3.63) is 0 Å². The molecule has 1 rings (SSSR count). The summed E-state index contributed by atoms with van der Waals surface area (Å²) in [5.74, 6) is -2.13. The molecule has 0 amide bonds. The number of carbonyl (C=O) groups is 1. The van der Waals surface area contributed by atoms with E-state index in [0.717, 1.165) is 12.8 Å². The third-order valence-electron chi connectivity index (χ3n) is 2.43. The van der Waals surface area contributed by atoms with Crippen LogP contribution in [0.25, 0.3) is 0 Å². The second kappa shape index (κ2) is 3.76. The minimum absolute atomic E-state index is 0.0468. The van der Waals surface area contributed by atoms with E-state index in [0.29, 0.717) is 12.8 Å². The molecule has 0 unspecified atom stereocenters. The van der Waals surface area contributed by atoms with Gasteiger partial charge in [0.15, 0.2) is 0 Å². The van der Waals surface area contributed by atoms with E-state index in [1.807, 2.05) is 0 Å². The number of alkyl halides is 3. The van der Waals surface area contributed by atoms with Gasteiger partial charge in [-0.05, 0) is 25.7 Å². The van der Waals surface area contributed by atoms with Crippen molar-refractivity contribution >= 4 is 5.97 Å². The average Bonchev–Trinajstić information content (AvgIpc) is 2.52. The van der Waals surface area contributed by atoms with Crippen LogP contribution >= 0.6 is 0 Å². The molecule has 1 fully saturated rings. The summed E-state index contributed by atoms with van der Waals surface area (Å²) in [6.07, 6.45) is -2.58. The molecule has 0 saturated heterocycles. The van der Waals surface area contributed by atoms with Crippen LogP contribution in [0.2, 0.25) is 0 Å². The van der Waals surface area contributed by atoms with Gasteiger partial charge in [0.2, 0.25) is 0 Å². The van der Waals surface area contributed by atoms with Gasteiger partial charge in [-0.1, -0.05) is 0 Å². The zero-order valence-corrected chi connectivity index (χ0v) is 7.56. The molecule has 0 aliphatic heterocycles. The van der Waals surface area contributed by atoms with Crippen molar-refractivity contribution in [2.75, 3.05) is 6.54 Å². The van der Waals surface area contributed by atoms with Gasteiger partial charge in [0.05, 0.1) is 0 Å². The first-order chi connectivity index (χ1) is 6.40. The van der Waals surface area contributed by atoms with Crippen LogP contribution in [0.1, 0.15) is 25.7 Å². The summed E-state index contributed by atoms with van der Waals surface area (Å²) in [5, 5.41) is 0. The molecule has 0 radical (unpaired) electrons. The molecule has 1 saturated carbocycles. The number of ether oxygens (including phenoxy) is 1.